The third-order valence-electron chi connectivity index (χ3n) is 5.45. The van der Waals surface area contributed by atoms with Crippen LogP contribution in [0.4, 0.5) is 4.39 Å². The van der Waals surface area contributed by atoms with E-state index in [4.69, 9.17) is 18.9 Å². The first-order chi connectivity index (χ1) is 15.1. The maximum atomic E-state index is 14.6. The molecule has 6 nitrogen and oxygen atoms in total. The zero-order valence-corrected chi connectivity index (χ0v) is 17.3. The molecule has 0 spiro atoms. The molecule has 2 atom stereocenters. The van der Waals surface area contributed by atoms with Crippen LogP contribution in [0.15, 0.2) is 36.4 Å². The lowest BCUT2D eigenvalue weighted by Gasteiger charge is -2.23. The molecule has 2 fully saturated rings. The summed E-state index contributed by atoms with van der Waals surface area (Å²) < 4.78 is 37.1. The normalized spacial score (nSPS) is 21.5. The number of phenols is 1. The Morgan fingerprint density at radius 2 is 1.55 bits per heavy atom. The van der Waals surface area contributed by atoms with E-state index in [1.54, 1.807) is 12.1 Å². The van der Waals surface area contributed by atoms with Crippen LogP contribution in [0.5, 0.6) is 17.2 Å². The fourth-order valence-electron chi connectivity index (χ4n) is 3.74. The van der Waals surface area contributed by atoms with E-state index in [1.165, 1.54) is 24.3 Å². The van der Waals surface area contributed by atoms with Crippen molar-refractivity contribution in [3.8, 4) is 17.2 Å². The highest BCUT2D eigenvalue weighted by Gasteiger charge is 2.20. The van der Waals surface area contributed by atoms with E-state index in [2.05, 4.69) is 0 Å². The van der Waals surface area contributed by atoms with Gasteiger partial charge in [0.05, 0.1) is 18.8 Å². The average Bonchev–Trinajstić information content (AvgIpc) is 2.78. The predicted molar refractivity (Wildman–Crippen MR) is 111 cm³/mol. The summed E-state index contributed by atoms with van der Waals surface area (Å²) in [5.41, 5.74) is 0.312. The number of aromatic hydroxyl groups is 1. The summed E-state index contributed by atoms with van der Waals surface area (Å²) in [7, 11) is 0. The summed E-state index contributed by atoms with van der Waals surface area (Å²) in [6.45, 7) is 1.28. The molecule has 1 N–H and O–H groups in total. The van der Waals surface area contributed by atoms with Crippen LogP contribution in [-0.2, 0) is 15.9 Å². The van der Waals surface area contributed by atoms with Gasteiger partial charge >= 0.3 is 0 Å². The molecular weight excluding hydrogens is 403 g/mol. The van der Waals surface area contributed by atoms with Gasteiger partial charge in [0.1, 0.15) is 23.1 Å². The highest BCUT2D eigenvalue weighted by molar-refractivity contribution is 6.00. The second kappa shape index (κ2) is 10.1. The van der Waals surface area contributed by atoms with Crippen molar-refractivity contribution in [1.29, 1.82) is 0 Å². The quantitative estimate of drug-likeness (QED) is 0.638. The Morgan fingerprint density at radius 3 is 2.13 bits per heavy atom. The smallest absolute Gasteiger partial charge is 0.199 e. The zero-order chi connectivity index (χ0) is 21.6. The summed E-state index contributed by atoms with van der Waals surface area (Å²) in [6.07, 6.45) is 4.65. The van der Waals surface area contributed by atoms with Gasteiger partial charge in [0.25, 0.3) is 0 Å². The Bertz CT molecular complexity index is 903. The third kappa shape index (κ3) is 5.74. The van der Waals surface area contributed by atoms with Crippen molar-refractivity contribution < 1.29 is 33.2 Å². The number of Topliss-reactive ketones (excluding diaryl/α,β-unsaturated/α-hetero) is 1. The molecule has 4 rings (SSSR count). The Balaban J connectivity index is 1.41. The molecule has 7 heteroatoms. The van der Waals surface area contributed by atoms with Gasteiger partial charge < -0.3 is 24.1 Å². The van der Waals surface area contributed by atoms with Gasteiger partial charge in [-0.25, -0.2) is 4.39 Å². The first-order valence-corrected chi connectivity index (χ1v) is 10.8. The summed E-state index contributed by atoms with van der Waals surface area (Å²) in [5, 5.41) is 10.1. The van der Waals surface area contributed by atoms with Crippen LogP contribution in [-0.4, -0.2) is 36.7 Å². The van der Waals surface area contributed by atoms with Gasteiger partial charge in [-0.2, -0.15) is 0 Å². The summed E-state index contributed by atoms with van der Waals surface area (Å²) >= 11 is 0. The first-order valence-electron chi connectivity index (χ1n) is 10.8. The standard InChI is InChI=1S/C24H27FO6/c25-20-15-18(31-24-6-2-4-12-29-24)8-7-16(20)13-22(27)19-14-17(9-10-21(19)26)30-23-5-1-3-11-28-23/h7-10,14-15,23-24,26H,1-6,11-13H2. The minimum absolute atomic E-state index is 0.0867. The Hall–Kier alpha value is -2.64. The minimum atomic E-state index is -0.538. The van der Waals surface area contributed by atoms with Crippen LogP contribution in [0.2, 0.25) is 0 Å². The van der Waals surface area contributed by atoms with E-state index >= 15 is 0 Å². The number of hydrogen-bond donors (Lipinski definition) is 1. The largest absolute Gasteiger partial charge is 0.507 e. The molecule has 2 aliphatic heterocycles. The van der Waals surface area contributed by atoms with Gasteiger partial charge in [-0.05, 0) is 55.5 Å². The van der Waals surface area contributed by atoms with E-state index in [9.17, 15) is 14.3 Å². The number of hydrogen-bond acceptors (Lipinski definition) is 6. The number of rotatable bonds is 7. The highest BCUT2D eigenvalue weighted by atomic mass is 19.1. The number of phenolic OH excluding ortho intramolecular Hbond substituents is 1. The van der Waals surface area contributed by atoms with Crippen molar-refractivity contribution in [2.24, 2.45) is 0 Å². The number of carbonyl (C=O) groups excluding carboxylic acids is 1. The minimum Gasteiger partial charge on any atom is -0.507 e. The molecule has 166 valence electrons. The SMILES string of the molecule is O=C(Cc1ccc(OC2CCCCO2)cc1F)c1cc(OC2CCCCO2)ccc1O. The van der Waals surface area contributed by atoms with E-state index in [1.807, 2.05) is 0 Å². The maximum absolute atomic E-state index is 14.6. The molecule has 2 aromatic carbocycles. The fraction of sp³-hybridized carbons (Fsp3) is 0.458. The second-order valence-electron chi connectivity index (χ2n) is 7.86. The molecule has 2 aromatic rings. The zero-order valence-electron chi connectivity index (χ0n) is 17.3. The lowest BCUT2D eigenvalue weighted by atomic mass is 10.0. The number of ether oxygens (including phenoxy) is 4. The van der Waals surface area contributed by atoms with Crippen LogP contribution in [0.25, 0.3) is 0 Å². The molecule has 2 aliphatic rings. The number of ketones is 1. The molecule has 2 heterocycles. The van der Waals surface area contributed by atoms with E-state index in [0.717, 1.165) is 38.5 Å². The van der Waals surface area contributed by atoms with Crippen LogP contribution < -0.4 is 9.47 Å². The lowest BCUT2D eigenvalue weighted by Crippen LogP contribution is -2.25. The molecular formula is C24H27FO6. The second-order valence-corrected chi connectivity index (χ2v) is 7.86. The Labute approximate surface area is 180 Å². The summed E-state index contributed by atoms with van der Waals surface area (Å²) in [4.78, 5) is 12.8. The van der Waals surface area contributed by atoms with Gasteiger partial charge in [0.2, 0.25) is 0 Å². The monoisotopic (exact) mass is 430 g/mol. The van der Waals surface area contributed by atoms with E-state index in [-0.39, 0.29) is 35.9 Å². The Kier molecular flexibility index (Phi) is 7.04. The fourth-order valence-corrected chi connectivity index (χ4v) is 3.74. The van der Waals surface area contributed by atoms with Crippen molar-refractivity contribution in [2.45, 2.75) is 57.5 Å². The van der Waals surface area contributed by atoms with Crippen LogP contribution >= 0.6 is 0 Å². The van der Waals surface area contributed by atoms with Gasteiger partial charge in [0, 0.05) is 25.3 Å². The van der Waals surface area contributed by atoms with Gasteiger partial charge in [0.15, 0.2) is 18.4 Å². The molecule has 0 amide bonds. The van der Waals surface area contributed by atoms with Crippen molar-refractivity contribution in [3.05, 3.63) is 53.3 Å². The molecule has 0 aromatic heterocycles. The van der Waals surface area contributed by atoms with Gasteiger partial charge in [-0.1, -0.05) is 6.07 Å². The van der Waals surface area contributed by atoms with Gasteiger partial charge in [-0.15, -0.1) is 0 Å². The summed E-state index contributed by atoms with van der Waals surface area (Å²) in [5.74, 6) is -0.312. The average molecular weight is 430 g/mol. The molecule has 31 heavy (non-hydrogen) atoms. The molecule has 2 saturated heterocycles. The lowest BCUT2D eigenvalue weighted by molar-refractivity contribution is -0.106. The summed E-state index contributed by atoms with van der Waals surface area (Å²) in [6, 6.07) is 8.89. The van der Waals surface area contributed by atoms with Crippen molar-refractivity contribution in [1.82, 2.24) is 0 Å². The topological polar surface area (TPSA) is 74.2 Å². The molecule has 0 bridgehead atoms. The molecule has 0 saturated carbocycles. The number of carbonyl (C=O) groups is 1. The molecule has 0 aliphatic carbocycles. The first kappa shape index (κ1) is 21.6. The molecule has 0 radical (unpaired) electrons. The van der Waals surface area contributed by atoms with Gasteiger partial charge in [-0.3, -0.25) is 4.79 Å². The maximum Gasteiger partial charge on any atom is 0.199 e. The van der Waals surface area contributed by atoms with Crippen LogP contribution in [0.1, 0.15) is 54.4 Å². The number of halogens is 1. The van der Waals surface area contributed by atoms with Crippen LogP contribution in [0.3, 0.4) is 0 Å². The van der Waals surface area contributed by atoms with Crippen LogP contribution in [0, 0.1) is 5.82 Å². The Morgan fingerprint density at radius 1 is 0.935 bits per heavy atom. The van der Waals surface area contributed by atoms with Crippen molar-refractivity contribution >= 4 is 5.78 Å². The number of benzene rings is 2. The highest BCUT2D eigenvalue weighted by Crippen LogP contribution is 2.28. The molecule has 2 unspecified atom stereocenters. The predicted octanol–water partition coefficient (Wildman–Crippen LogP) is 4.77. The third-order valence-corrected chi connectivity index (χ3v) is 5.45. The van der Waals surface area contributed by atoms with E-state index < -0.39 is 11.6 Å². The van der Waals surface area contributed by atoms with Crippen molar-refractivity contribution in [3.63, 3.8) is 0 Å². The van der Waals surface area contributed by atoms with Crippen molar-refractivity contribution in [2.75, 3.05) is 13.2 Å². The van der Waals surface area contributed by atoms with E-state index in [0.29, 0.717) is 24.7 Å².